The van der Waals surface area contributed by atoms with Gasteiger partial charge in [0, 0.05) is 6.54 Å². The van der Waals surface area contributed by atoms with Gasteiger partial charge in [0.1, 0.15) is 0 Å². The number of ether oxygens (including phenoxy) is 2. The van der Waals surface area contributed by atoms with Crippen LogP contribution < -0.4 is 5.73 Å². The van der Waals surface area contributed by atoms with Crippen molar-refractivity contribution in [3.8, 4) is 0 Å². The van der Waals surface area contributed by atoms with Crippen molar-refractivity contribution < 1.29 is 9.47 Å². The molecule has 0 aromatic rings. The van der Waals surface area contributed by atoms with Crippen LogP contribution >= 0.6 is 0 Å². The summed E-state index contributed by atoms with van der Waals surface area (Å²) >= 11 is 0. The number of hydrogen-bond donors (Lipinski definition) is 1. The maximum absolute atomic E-state index is 5.50. The Morgan fingerprint density at radius 3 is 1.54 bits per heavy atom. The van der Waals surface area contributed by atoms with Crippen molar-refractivity contribution in [1.29, 1.82) is 0 Å². The molecular formula is C10H23NO2. The molecule has 0 aromatic heterocycles. The predicted molar refractivity (Wildman–Crippen MR) is 54.4 cm³/mol. The summed E-state index contributed by atoms with van der Waals surface area (Å²) in [6.45, 7) is 10.3. The normalized spacial score (nSPS) is 12.0. The first-order valence-corrected chi connectivity index (χ1v) is 4.99. The second-order valence-electron chi connectivity index (χ2n) is 4.12. The molecule has 0 amide bonds. The standard InChI is InChI=1S/C10H23NO2/c1-8(2)6-12-10(5-11)13-7-9(3)4/h8-10H,5-7,11H2,1-4H3. The Morgan fingerprint density at radius 2 is 1.31 bits per heavy atom. The third kappa shape index (κ3) is 8.22. The van der Waals surface area contributed by atoms with Gasteiger partial charge in [-0.25, -0.2) is 0 Å². The summed E-state index contributed by atoms with van der Waals surface area (Å²) in [5.74, 6) is 1.05. The molecule has 0 rings (SSSR count). The van der Waals surface area contributed by atoms with Crippen molar-refractivity contribution in [3.63, 3.8) is 0 Å². The lowest BCUT2D eigenvalue weighted by atomic mass is 10.2. The molecule has 0 aliphatic carbocycles. The van der Waals surface area contributed by atoms with Crippen LogP contribution in [0.15, 0.2) is 0 Å². The molecule has 0 spiro atoms. The smallest absolute Gasteiger partial charge is 0.169 e. The molecule has 80 valence electrons. The van der Waals surface area contributed by atoms with Gasteiger partial charge in [-0.1, -0.05) is 27.7 Å². The Balaban J connectivity index is 3.51. The highest BCUT2D eigenvalue weighted by Crippen LogP contribution is 2.01. The highest BCUT2D eigenvalue weighted by Gasteiger charge is 2.08. The highest BCUT2D eigenvalue weighted by molar-refractivity contribution is 4.49. The van der Waals surface area contributed by atoms with Crippen LogP contribution in [-0.4, -0.2) is 26.0 Å². The van der Waals surface area contributed by atoms with E-state index in [0.717, 1.165) is 0 Å². The molecule has 3 nitrogen and oxygen atoms in total. The van der Waals surface area contributed by atoms with E-state index in [9.17, 15) is 0 Å². The van der Waals surface area contributed by atoms with Crippen molar-refractivity contribution in [3.05, 3.63) is 0 Å². The maximum Gasteiger partial charge on any atom is 0.169 e. The van der Waals surface area contributed by atoms with Crippen molar-refractivity contribution >= 4 is 0 Å². The second-order valence-corrected chi connectivity index (χ2v) is 4.12. The average molecular weight is 189 g/mol. The van der Waals surface area contributed by atoms with Crippen molar-refractivity contribution in [2.24, 2.45) is 17.6 Å². The molecular weight excluding hydrogens is 166 g/mol. The molecule has 0 aliphatic heterocycles. The first kappa shape index (κ1) is 12.9. The molecule has 0 fully saturated rings. The van der Waals surface area contributed by atoms with Crippen LogP contribution in [0.5, 0.6) is 0 Å². The quantitative estimate of drug-likeness (QED) is 0.619. The summed E-state index contributed by atoms with van der Waals surface area (Å²) in [6.07, 6.45) is -0.232. The zero-order valence-electron chi connectivity index (χ0n) is 9.25. The molecule has 0 aromatic carbocycles. The van der Waals surface area contributed by atoms with Crippen LogP contribution in [0.1, 0.15) is 27.7 Å². The molecule has 0 radical (unpaired) electrons. The minimum absolute atomic E-state index is 0.232. The van der Waals surface area contributed by atoms with E-state index < -0.39 is 0 Å². The molecule has 13 heavy (non-hydrogen) atoms. The van der Waals surface area contributed by atoms with E-state index in [0.29, 0.717) is 31.6 Å². The first-order valence-electron chi connectivity index (χ1n) is 4.99. The molecule has 0 saturated carbocycles. The fourth-order valence-electron chi connectivity index (χ4n) is 0.784. The Labute approximate surface area is 81.6 Å². The molecule has 0 unspecified atom stereocenters. The number of nitrogens with two attached hydrogens (primary N) is 1. The van der Waals surface area contributed by atoms with E-state index in [1.165, 1.54) is 0 Å². The van der Waals surface area contributed by atoms with Crippen LogP contribution in [-0.2, 0) is 9.47 Å². The Bertz CT molecular complexity index is 103. The third-order valence-corrected chi connectivity index (χ3v) is 1.42. The van der Waals surface area contributed by atoms with Gasteiger partial charge in [-0.15, -0.1) is 0 Å². The van der Waals surface area contributed by atoms with E-state index >= 15 is 0 Å². The molecule has 0 heterocycles. The van der Waals surface area contributed by atoms with E-state index in [1.54, 1.807) is 0 Å². The van der Waals surface area contributed by atoms with Gasteiger partial charge >= 0.3 is 0 Å². The van der Waals surface area contributed by atoms with Gasteiger partial charge in [0.2, 0.25) is 0 Å². The summed E-state index contributed by atoms with van der Waals surface area (Å²) in [5.41, 5.74) is 5.50. The van der Waals surface area contributed by atoms with E-state index in [2.05, 4.69) is 27.7 Å². The van der Waals surface area contributed by atoms with E-state index in [-0.39, 0.29) is 6.29 Å². The molecule has 0 saturated heterocycles. The molecule has 0 aliphatic rings. The van der Waals surface area contributed by atoms with Crippen molar-refractivity contribution in [2.45, 2.75) is 34.0 Å². The fourth-order valence-corrected chi connectivity index (χ4v) is 0.784. The monoisotopic (exact) mass is 189 g/mol. The molecule has 3 heteroatoms. The van der Waals surface area contributed by atoms with Gasteiger partial charge in [-0.2, -0.15) is 0 Å². The minimum Gasteiger partial charge on any atom is -0.351 e. The van der Waals surface area contributed by atoms with Crippen LogP contribution in [0, 0.1) is 11.8 Å². The first-order chi connectivity index (χ1) is 6.06. The van der Waals surface area contributed by atoms with Crippen molar-refractivity contribution in [2.75, 3.05) is 19.8 Å². The SMILES string of the molecule is CC(C)COC(CN)OCC(C)C. The summed E-state index contributed by atoms with van der Waals surface area (Å²) in [7, 11) is 0. The van der Waals surface area contributed by atoms with Gasteiger partial charge < -0.3 is 15.2 Å². The van der Waals surface area contributed by atoms with E-state index in [4.69, 9.17) is 15.2 Å². The van der Waals surface area contributed by atoms with Gasteiger partial charge in [0.25, 0.3) is 0 Å². The molecule has 0 bridgehead atoms. The Morgan fingerprint density at radius 1 is 0.923 bits per heavy atom. The lowest BCUT2D eigenvalue weighted by Gasteiger charge is -2.19. The predicted octanol–water partition coefficient (Wildman–Crippen LogP) is 1.62. The zero-order chi connectivity index (χ0) is 10.3. The van der Waals surface area contributed by atoms with Gasteiger partial charge in [-0.05, 0) is 11.8 Å². The largest absolute Gasteiger partial charge is 0.351 e. The summed E-state index contributed by atoms with van der Waals surface area (Å²) in [5, 5.41) is 0. The number of rotatable bonds is 7. The van der Waals surface area contributed by atoms with Gasteiger partial charge in [-0.3, -0.25) is 0 Å². The van der Waals surface area contributed by atoms with Crippen LogP contribution in [0.3, 0.4) is 0 Å². The Kier molecular flexibility index (Phi) is 7.23. The third-order valence-electron chi connectivity index (χ3n) is 1.42. The van der Waals surface area contributed by atoms with Crippen LogP contribution in [0.25, 0.3) is 0 Å². The lowest BCUT2D eigenvalue weighted by molar-refractivity contribution is -0.147. The minimum atomic E-state index is -0.232. The maximum atomic E-state index is 5.50. The average Bonchev–Trinajstić information content (AvgIpc) is 2.04. The van der Waals surface area contributed by atoms with E-state index in [1.807, 2.05) is 0 Å². The number of hydrogen-bond acceptors (Lipinski definition) is 3. The van der Waals surface area contributed by atoms with Gasteiger partial charge in [0.05, 0.1) is 13.2 Å². The Hall–Kier alpha value is -0.120. The fraction of sp³-hybridized carbons (Fsp3) is 1.00. The molecule has 2 N–H and O–H groups in total. The molecule has 0 atom stereocenters. The van der Waals surface area contributed by atoms with Crippen molar-refractivity contribution in [1.82, 2.24) is 0 Å². The zero-order valence-corrected chi connectivity index (χ0v) is 9.25. The topological polar surface area (TPSA) is 44.5 Å². The van der Waals surface area contributed by atoms with Crippen LogP contribution in [0.2, 0.25) is 0 Å². The summed E-state index contributed by atoms with van der Waals surface area (Å²) in [4.78, 5) is 0. The lowest BCUT2D eigenvalue weighted by Crippen LogP contribution is -2.29. The van der Waals surface area contributed by atoms with Gasteiger partial charge in [0.15, 0.2) is 6.29 Å². The highest BCUT2D eigenvalue weighted by atomic mass is 16.7. The summed E-state index contributed by atoms with van der Waals surface area (Å²) < 4.78 is 10.9. The second kappa shape index (κ2) is 7.30. The summed E-state index contributed by atoms with van der Waals surface area (Å²) in [6, 6.07) is 0. The van der Waals surface area contributed by atoms with Crippen LogP contribution in [0.4, 0.5) is 0 Å².